The summed E-state index contributed by atoms with van der Waals surface area (Å²) in [7, 11) is 0. The number of nitrogens with one attached hydrogen (secondary N) is 2. The predicted molar refractivity (Wildman–Crippen MR) is 82.7 cm³/mol. The summed E-state index contributed by atoms with van der Waals surface area (Å²) in [5.74, 6) is 7.21. The zero-order chi connectivity index (χ0) is 14.8. The fourth-order valence-electron chi connectivity index (χ4n) is 2.04. The lowest BCUT2D eigenvalue weighted by Gasteiger charge is -2.27. The number of anilines is 2. The maximum atomic E-state index is 5.54. The average molecular weight is 292 g/mol. The van der Waals surface area contributed by atoms with E-state index in [4.69, 9.17) is 5.84 Å². The van der Waals surface area contributed by atoms with E-state index < -0.39 is 0 Å². The number of nitrogens with two attached hydrogens (primary N) is 1. The smallest absolute Gasteiger partial charge is 0.148 e. The van der Waals surface area contributed by atoms with E-state index in [2.05, 4.69) is 53.4 Å². The monoisotopic (exact) mass is 292 g/mol. The number of nitrogens with zero attached hydrogens (tertiary/aromatic N) is 3. The van der Waals surface area contributed by atoms with E-state index in [-0.39, 0.29) is 11.5 Å². The first-order valence-electron chi connectivity index (χ1n) is 6.45. The zero-order valence-corrected chi connectivity index (χ0v) is 13.0. The second kappa shape index (κ2) is 5.72. The van der Waals surface area contributed by atoms with Crippen LogP contribution in [0.5, 0.6) is 0 Å². The highest BCUT2D eigenvalue weighted by atomic mass is 32.1. The van der Waals surface area contributed by atoms with Gasteiger partial charge in [0.2, 0.25) is 0 Å². The zero-order valence-electron chi connectivity index (χ0n) is 12.1. The van der Waals surface area contributed by atoms with E-state index in [0.717, 1.165) is 16.4 Å². The molecule has 2 heterocycles. The van der Waals surface area contributed by atoms with E-state index in [9.17, 15) is 0 Å². The Morgan fingerprint density at radius 2 is 1.90 bits per heavy atom. The molecule has 108 valence electrons. The molecule has 2 aromatic heterocycles. The minimum absolute atomic E-state index is 0.247. The van der Waals surface area contributed by atoms with Gasteiger partial charge in [-0.25, -0.2) is 20.8 Å². The number of hydrogen-bond acceptors (Lipinski definition) is 7. The Bertz CT molecular complexity index is 564. The van der Waals surface area contributed by atoms with E-state index in [1.165, 1.54) is 6.33 Å². The van der Waals surface area contributed by atoms with Gasteiger partial charge in [0.05, 0.1) is 5.54 Å². The molecule has 7 heteroatoms. The lowest BCUT2D eigenvalue weighted by Crippen LogP contribution is -2.29. The molecule has 0 aliphatic heterocycles. The normalized spacial score (nSPS) is 11.7. The number of hydrazine groups is 1. The molecule has 0 unspecified atom stereocenters. The van der Waals surface area contributed by atoms with Crippen LogP contribution in [-0.2, 0) is 5.54 Å². The van der Waals surface area contributed by atoms with Gasteiger partial charge in [-0.05, 0) is 19.8 Å². The number of aromatic nitrogens is 3. The third kappa shape index (κ3) is 2.88. The minimum atomic E-state index is -0.308. The first-order chi connectivity index (χ1) is 9.45. The second-order valence-electron chi connectivity index (χ2n) is 5.37. The standard InChI is InChI=1S/C13H20N6S/c1-8(2)9-10(16-7-17-11(9)19-14)18-13(3,4)12-15-5-6-20-12/h5-8H,14H2,1-4H3,(H2,16,17,18,19). The van der Waals surface area contributed by atoms with Crippen molar-refractivity contribution in [1.82, 2.24) is 15.0 Å². The van der Waals surface area contributed by atoms with Gasteiger partial charge in [-0.1, -0.05) is 13.8 Å². The van der Waals surface area contributed by atoms with Crippen molar-refractivity contribution in [3.63, 3.8) is 0 Å². The van der Waals surface area contributed by atoms with Crippen molar-refractivity contribution in [2.24, 2.45) is 5.84 Å². The maximum absolute atomic E-state index is 5.54. The molecular formula is C13H20N6S. The van der Waals surface area contributed by atoms with E-state index in [1.54, 1.807) is 17.5 Å². The Morgan fingerprint density at radius 1 is 1.20 bits per heavy atom. The van der Waals surface area contributed by atoms with Crippen molar-refractivity contribution in [2.45, 2.75) is 39.2 Å². The van der Waals surface area contributed by atoms with Crippen molar-refractivity contribution >= 4 is 23.0 Å². The Kier molecular flexibility index (Phi) is 4.20. The summed E-state index contributed by atoms with van der Waals surface area (Å²) in [6.45, 7) is 8.32. The topological polar surface area (TPSA) is 88.8 Å². The number of nitrogen functional groups attached to an aromatic ring is 1. The summed E-state index contributed by atoms with van der Waals surface area (Å²) in [4.78, 5) is 12.9. The molecule has 6 nitrogen and oxygen atoms in total. The van der Waals surface area contributed by atoms with Crippen LogP contribution in [0.2, 0.25) is 0 Å². The predicted octanol–water partition coefficient (Wildman–Crippen LogP) is 2.69. The van der Waals surface area contributed by atoms with Crippen LogP contribution in [0.15, 0.2) is 17.9 Å². The number of thiazole rings is 1. The average Bonchev–Trinajstić information content (AvgIpc) is 2.92. The summed E-state index contributed by atoms with van der Waals surface area (Å²) in [6, 6.07) is 0. The summed E-state index contributed by atoms with van der Waals surface area (Å²) in [6.07, 6.45) is 3.31. The summed E-state index contributed by atoms with van der Waals surface area (Å²) < 4.78 is 0. The van der Waals surface area contributed by atoms with Crippen LogP contribution in [0.3, 0.4) is 0 Å². The third-order valence-corrected chi connectivity index (χ3v) is 4.09. The highest BCUT2D eigenvalue weighted by molar-refractivity contribution is 7.09. The summed E-state index contributed by atoms with van der Waals surface area (Å²) in [5, 5.41) is 6.42. The van der Waals surface area contributed by atoms with Crippen LogP contribution in [0.25, 0.3) is 0 Å². The molecule has 20 heavy (non-hydrogen) atoms. The Labute approximate surface area is 122 Å². The Balaban J connectivity index is 2.39. The lowest BCUT2D eigenvalue weighted by atomic mass is 10.0. The first-order valence-corrected chi connectivity index (χ1v) is 7.33. The molecule has 0 aromatic carbocycles. The Morgan fingerprint density at radius 3 is 2.45 bits per heavy atom. The van der Waals surface area contributed by atoms with Gasteiger partial charge < -0.3 is 10.7 Å². The second-order valence-corrected chi connectivity index (χ2v) is 6.27. The van der Waals surface area contributed by atoms with Crippen LogP contribution < -0.4 is 16.6 Å². The van der Waals surface area contributed by atoms with Crippen LogP contribution in [-0.4, -0.2) is 15.0 Å². The molecule has 2 aromatic rings. The van der Waals surface area contributed by atoms with Gasteiger partial charge >= 0.3 is 0 Å². The molecule has 0 aliphatic rings. The molecule has 0 aliphatic carbocycles. The highest BCUT2D eigenvalue weighted by Gasteiger charge is 2.26. The van der Waals surface area contributed by atoms with Crippen molar-refractivity contribution in [3.8, 4) is 0 Å². The van der Waals surface area contributed by atoms with Crippen LogP contribution in [0, 0.1) is 0 Å². The van der Waals surface area contributed by atoms with Crippen molar-refractivity contribution < 1.29 is 0 Å². The highest BCUT2D eigenvalue weighted by Crippen LogP contribution is 2.32. The fourth-order valence-corrected chi connectivity index (χ4v) is 2.76. The van der Waals surface area contributed by atoms with E-state index in [1.807, 2.05) is 5.38 Å². The van der Waals surface area contributed by atoms with Crippen LogP contribution >= 0.6 is 11.3 Å². The molecule has 0 spiro atoms. The molecule has 0 fully saturated rings. The molecule has 4 N–H and O–H groups in total. The van der Waals surface area contributed by atoms with Gasteiger partial charge in [0, 0.05) is 17.1 Å². The molecule has 0 saturated heterocycles. The van der Waals surface area contributed by atoms with E-state index >= 15 is 0 Å². The molecular weight excluding hydrogens is 272 g/mol. The Hall–Kier alpha value is -1.73. The van der Waals surface area contributed by atoms with Gasteiger partial charge in [0.25, 0.3) is 0 Å². The summed E-state index contributed by atoms with van der Waals surface area (Å²) in [5.41, 5.74) is 3.30. The molecule has 0 saturated carbocycles. The van der Waals surface area contributed by atoms with Crippen molar-refractivity contribution in [1.29, 1.82) is 0 Å². The molecule has 0 amide bonds. The largest absolute Gasteiger partial charge is 0.358 e. The molecule has 2 rings (SSSR count). The van der Waals surface area contributed by atoms with Gasteiger partial charge in [-0.15, -0.1) is 11.3 Å². The molecule has 0 radical (unpaired) electrons. The minimum Gasteiger partial charge on any atom is -0.358 e. The maximum Gasteiger partial charge on any atom is 0.148 e. The number of hydrogen-bond donors (Lipinski definition) is 3. The van der Waals surface area contributed by atoms with Gasteiger partial charge in [-0.3, -0.25) is 0 Å². The van der Waals surface area contributed by atoms with Crippen molar-refractivity contribution in [2.75, 3.05) is 10.7 Å². The summed E-state index contributed by atoms with van der Waals surface area (Å²) >= 11 is 1.62. The number of rotatable bonds is 5. The quantitative estimate of drug-likeness (QED) is 0.580. The first kappa shape index (κ1) is 14.7. The van der Waals surface area contributed by atoms with Crippen LogP contribution in [0.4, 0.5) is 11.6 Å². The van der Waals surface area contributed by atoms with E-state index in [0.29, 0.717) is 5.82 Å². The van der Waals surface area contributed by atoms with Gasteiger partial charge in [-0.2, -0.15) is 0 Å². The van der Waals surface area contributed by atoms with Crippen molar-refractivity contribution in [3.05, 3.63) is 28.5 Å². The fraction of sp³-hybridized carbons (Fsp3) is 0.462. The lowest BCUT2D eigenvalue weighted by molar-refractivity contribution is 0.598. The van der Waals surface area contributed by atoms with Gasteiger partial charge in [0.15, 0.2) is 0 Å². The van der Waals surface area contributed by atoms with Crippen LogP contribution in [0.1, 0.15) is 44.2 Å². The molecule has 0 atom stereocenters. The SMILES string of the molecule is CC(C)c1c(NN)ncnc1NC(C)(C)c1nccs1. The van der Waals surface area contributed by atoms with Gasteiger partial charge in [0.1, 0.15) is 23.0 Å². The molecule has 0 bridgehead atoms. The third-order valence-electron chi connectivity index (χ3n) is 3.00.